The van der Waals surface area contributed by atoms with E-state index in [2.05, 4.69) is 179 Å². The van der Waals surface area contributed by atoms with Crippen molar-refractivity contribution in [1.82, 2.24) is 0 Å². The summed E-state index contributed by atoms with van der Waals surface area (Å²) in [6.45, 7) is 11.5. The van der Waals surface area contributed by atoms with Crippen LogP contribution in [0.5, 0.6) is 0 Å². The molecule has 0 atom stereocenters. The van der Waals surface area contributed by atoms with E-state index in [4.69, 9.17) is 8.83 Å². The van der Waals surface area contributed by atoms with Gasteiger partial charge in [-0.3, -0.25) is 0 Å². The number of hydrogen-bond acceptors (Lipinski definition) is 3. The van der Waals surface area contributed by atoms with E-state index in [1.807, 2.05) is 6.07 Å². The third-order valence-electron chi connectivity index (χ3n) is 11.2. The van der Waals surface area contributed by atoms with Crippen LogP contribution in [0, 0.1) is 0 Å². The summed E-state index contributed by atoms with van der Waals surface area (Å²) in [6.07, 6.45) is 0. The largest absolute Gasteiger partial charge is 0.456 e. The van der Waals surface area contributed by atoms with Crippen molar-refractivity contribution >= 4 is 60.9 Å². The summed E-state index contributed by atoms with van der Waals surface area (Å²) in [5, 5.41) is 4.51. The third kappa shape index (κ3) is 4.45. The average Bonchev–Trinajstić information content (AvgIpc) is 3.80. The van der Waals surface area contributed by atoms with Gasteiger partial charge < -0.3 is 13.7 Å². The van der Waals surface area contributed by atoms with Gasteiger partial charge in [0, 0.05) is 38.4 Å². The second-order valence-corrected chi connectivity index (χ2v) is 15.7. The van der Waals surface area contributed by atoms with E-state index in [-0.39, 0.29) is 10.8 Å². The van der Waals surface area contributed by atoms with E-state index in [1.165, 1.54) is 38.9 Å². The SMILES string of the molecule is CC(C)(C)c1ccc2oc3c4c(ccc3c2c1)C(C)(C)c1cccc(N(c2ccc(-c3ccccc3)cc2)c2cccc3oc5ccccc5c23)c1-4. The molecule has 0 N–H and O–H groups in total. The molecule has 3 nitrogen and oxygen atoms in total. The molecule has 0 spiro atoms. The molecule has 0 fully saturated rings. The molecule has 0 saturated heterocycles. The van der Waals surface area contributed by atoms with Crippen LogP contribution in [-0.2, 0) is 10.8 Å². The lowest BCUT2D eigenvalue weighted by molar-refractivity contribution is 0.590. The molecule has 0 saturated carbocycles. The van der Waals surface area contributed by atoms with Crippen molar-refractivity contribution in [2.24, 2.45) is 0 Å². The van der Waals surface area contributed by atoms with Gasteiger partial charge in [-0.25, -0.2) is 0 Å². The number of furan rings is 2. The van der Waals surface area contributed by atoms with Crippen LogP contribution in [0.4, 0.5) is 17.1 Å². The molecular weight excluding hydrogens is 635 g/mol. The topological polar surface area (TPSA) is 29.5 Å². The first-order valence-corrected chi connectivity index (χ1v) is 18.2. The Kier molecular flexibility index (Phi) is 6.48. The summed E-state index contributed by atoms with van der Waals surface area (Å²) in [4.78, 5) is 2.43. The molecule has 9 aromatic rings. The Hall–Kier alpha value is -6.06. The molecule has 7 aromatic carbocycles. The highest BCUT2D eigenvalue weighted by atomic mass is 16.3. The highest BCUT2D eigenvalue weighted by Gasteiger charge is 2.40. The molecule has 10 rings (SSSR count). The summed E-state index contributed by atoms with van der Waals surface area (Å²) in [6, 6.07) is 52.4. The van der Waals surface area contributed by atoms with Gasteiger partial charge in [0.2, 0.25) is 0 Å². The zero-order chi connectivity index (χ0) is 35.4. The lowest BCUT2D eigenvalue weighted by Gasteiger charge is -2.29. The first kappa shape index (κ1) is 30.7. The number of rotatable bonds is 4. The molecular formula is C49H39NO2. The van der Waals surface area contributed by atoms with Gasteiger partial charge in [-0.1, -0.05) is 132 Å². The van der Waals surface area contributed by atoms with Gasteiger partial charge in [0.1, 0.15) is 22.3 Å². The van der Waals surface area contributed by atoms with Crippen LogP contribution in [-0.4, -0.2) is 0 Å². The summed E-state index contributed by atoms with van der Waals surface area (Å²) in [7, 11) is 0. The molecule has 252 valence electrons. The van der Waals surface area contributed by atoms with Crippen LogP contribution >= 0.6 is 0 Å². The van der Waals surface area contributed by atoms with Crippen molar-refractivity contribution in [3.63, 3.8) is 0 Å². The van der Waals surface area contributed by atoms with Crippen LogP contribution in [0.1, 0.15) is 51.3 Å². The predicted molar refractivity (Wildman–Crippen MR) is 217 cm³/mol. The monoisotopic (exact) mass is 673 g/mol. The minimum absolute atomic E-state index is 0.0328. The highest BCUT2D eigenvalue weighted by Crippen LogP contribution is 2.57. The summed E-state index contributed by atoms with van der Waals surface area (Å²) >= 11 is 0. The number of benzene rings is 7. The van der Waals surface area contributed by atoms with Crippen molar-refractivity contribution in [3.05, 3.63) is 162 Å². The Morgan fingerprint density at radius 1 is 0.500 bits per heavy atom. The number of nitrogens with zero attached hydrogens (tertiary/aromatic N) is 1. The number of hydrogen-bond donors (Lipinski definition) is 0. The fraction of sp³-hybridized carbons (Fsp3) is 0.143. The normalized spacial score (nSPS) is 13.6. The predicted octanol–water partition coefficient (Wildman–Crippen LogP) is 14.2. The lowest BCUT2D eigenvalue weighted by Crippen LogP contribution is -2.16. The summed E-state index contributed by atoms with van der Waals surface area (Å²) in [5.41, 5.74) is 15.3. The highest BCUT2D eigenvalue weighted by molar-refractivity contribution is 6.16. The molecule has 0 radical (unpaired) electrons. The molecule has 0 bridgehead atoms. The van der Waals surface area contributed by atoms with Gasteiger partial charge in [0.15, 0.2) is 0 Å². The standard InChI is InChI=1S/C49H39NO2/c1-48(2,3)32-23-28-42-36(29-32)34-26-27-38-46(47(34)52-42)45-37(49(38,4)5)16-11-17-40(45)50(33-24-21-31(22-25-33)30-13-7-6-8-14-30)39-18-12-20-43-44(39)35-15-9-10-19-41(35)51-43/h6-29H,1-5H3. The Bertz CT molecular complexity index is 2850. The van der Waals surface area contributed by atoms with E-state index in [0.29, 0.717) is 0 Å². The maximum absolute atomic E-state index is 6.91. The van der Waals surface area contributed by atoms with Gasteiger partial charge in [-0.2, -0.15) is 0 Å². The van der Waals surface area contributed by atoms with Crippen LogP contribution in [0.15, 0.2) is 154 Å². The maximum atomic E-state index is 6.91. The van der Waals surface area contributed by atoms with E-state index in [9.17, 15) is 0 Å². The number of anilines is 3. The molecule has 0 unspecified atom stereocenters. The van der Waals surface area contributed by atoms with E-state index in [0.717, 1.165) is 60.9 Å². The Morgan fingerprint density at radius 3 is 1.98 bits per heavy atom. The van der Waals surface area contributed by atoms with Crippen LogP contribution < -0.4 is 4.90 Å². The first-order valence-electron chi connectivity index (χ1n) is 18.2. The van der Waals surface area contributed by atoms with Crippen molar-refractivity contribution in [1.29, 1.82) is 0 Å². The molecule has 3 heteroatoms. The maximum Gasteiger partial charge on any atom is 0.143 e. The van der Waals surface area contributed by atoms with Crippen molar-refractivity contribution in [2.75, 3.05) is 4.90 Å². The lowest BCUT2D eigenvalue weighted by atomic mass is 9.82. The van der Waals surface area contributed by atoms with Gasteiger partial charge in [-0.15, -0.1) is 0 Å². The molecule has 0 aliphatic heterocycles. The number of fused-ring (bicyclic) bond motifs is 10. The van der Waals surface area contributed by atoms with Gasteiger partial charge in [0.05, 0.1) is 16.8 Å². The molecule has 1 aliphatic carbocycles. The molecule has 2 aromatic heterocycles. The van der Waals surface area contributed by atoms with Crippen molar-refractivity contribution in [3.8, 4) is 22.3 Å². The van der Waals surface area contributed by atoms with Gasteiger partial charge in [-0.05, 0) is 81.8 Å². The molecule has 1 aliphatic rings. The second-order valence-electron chi connectivity index (χ2n) is 15.7. The van der Waals surface area contributed by atoms with Crippen LogP contribution in [0.25, 0.3) is 66.1 Å². The van der Waals surface area contributed by atoms with E-state index >= 15 is 0 Å². The molecule has 2 heterocycles. The average molecular weight is 674 g/mol. The van der Waals surface area contributed by atoms with Crippen molar-refractivity contribution in [2.45, 2.75) is 45.4 Å². The van der Waals surface area contributed by atoms with E-state index < -0.39 is 0 Å². The fourth-order valence-electron chi connectivity index (χ4n) is 8.51. The smallest absolute Gasteiger partial charge is 0.143 e. The van der Waals surface area contributed by atoms with Crippen molar-refractivity contribution < 1.29 is 8.83 Å². The van der Waals surface area contributed by atoms with Crippen LogP contribution in [0.2, 0.25) is 0 Å². The number of para-hydroxylation sites is 1. The van der Waals surface area contributed by atoms with Crippen LogP contribution in [0.3, 0.4) is 0 Å². The minimum atomic E-state index is -0.235. The zero-order valence-corrected chi connectivity index (χ0v) is 30.1. The molecule has 0 amide bonds. The Balaban J connectivity index is 1.27. The zero-order valence-electron chi connectivity index (χ0n) is 30.1. The van der Waals surface area contributed by atoms with Gasteiger partial charge >= 0.3 is 0 Å². The summed E-state index contributed by atoms with van der Waals surface area (Å²) < 4.78 is 13.4. The first-order chi connectivity index (χ1) is 25.2. The second kappa shape index (κ2) is 11.0. The minimum Gasteiger partial charge on any atom is -0.456 e. The van der Waals surface area contributed by atoms with E-state index in [1.54, 1.807) is 0 Å². The summed E-state index contributed by atoms with van der Waals surface area (Å²) in [5.74, 6) is 0. The quantitative estimate of drug-likeness (QED) is 0.186. The van der Waals surface area contributed by atoms with Gasteiger partial charge in [0.25, 0.3) is 0 Å². The third-order valence-corrected chi connectivity index (χ3v) is 11.2. The Morgan fingerprint density at radius 2 is 1.17 bits per heavy atom. The Labute approximate surface area is 303 Å². The fourth-order valence-corrected chi connectivity index (χ4v) is 8.51. The molecule has 52 heavy (non-hydrogen) atoms.